The molecule has 3 nitrogen and oxygen atoms in total. The molecular formula is C13H11ClO3S. The standard InChI is InChI=1S/C13H11ClO3S/c1-9-8-10(6-7-13(9)18(15,16)17)11-4-2-3-5-12(11)14/h2-8H,1H3,(H,15,16,17). The van der Waals surface area contributed by atoms with Gasteiger partial charge in [0, 0.05) is 10.6 Å². The van der Waals surface area contributed by atoms with Crippen molar-refractivity contribution in [3.8, 4) is 11.1 Å². The largest absolute Gasteiger partial charge is 0.294 e. The van der Waals surface area contributed by atoms with Crippen LogP contribution in [0.4, 0.5) is 0 Å². The van der Waals surface area contributed by atoms with E-state index >= 15 is 0 Å². The first-order valence-electron chi connectivity index (χ1n) is 5.22. The fourth-order valence-electron chi connectivity index (χ4n) is 1.80. The molecule has 0 saturated heterocycles. The minimum absolute atomic E-state index is 0.0849. The zero-order valence-corrected chi connectivity index (χ0v) is 11.2. The average molecular weight is 283 g/mol. The molecule has 2 aromatic carbocycles. The van der Waals surface area contributed by atoms with Crippen LogP contribution in [0.1, 0.15) is 5.56 Å². The third kappa shape index (κ3) is 2.56. The lowest BCUT2D eigenvalue weighted by Crippen LogP contribution is -2.00. The lowest BCUT2D eigenvalue weighted by atomic mass is 10.0. The molecule has 2 aromatic rings. The molecule has 1 N–H and O–H groups in total. The average Bonchev–Trinajstić information content (AvgIpc) is 2.27. The minimum Gasteiger partial charge on any atom is -0.282 e. The van der Waals surface area contributed by atoms with E-state index in [9.17, 15) is 8.42 Å². The summed E-state index contributed by atoms with van der Waals surface area (Å²) in [7, 11) is -4.18. The van der Waals surface area contributed by atoms with Crippen LogP contribution in [0.3, 0.4) is 0 Å². The van der Waals surface area contributed by atoms with Crippen molar-refractivity contribution in [2.75, 3.05) is 0 Å². The smallest absolute Gasteiger partial charge is 0.282 e. The van der Waals surface area contributed by atoms with Crippen molar-refractivity contribution in [2.24, 2.45) is 0 Å². The van der Waals surface area contributed by atoms with Gasteiger partial charge in [-0.05, 0) is 36.2 Å². The summed E-state index contributed by atoms with van der Waals surface area (Å²) < 4.78 is 31.2. The Kier molecular flexibility index (Phi) is 3.43. The molecule has 0 aliphatic heterocycles. The van der Waals surface area contributed by atoms with E-state index in [0.29, 0.717) is 10.6 Å². The highest BCUT2D eigenvalue weighted by molar-refractivity contribution is 7.85. The molecule has 5 heteroatoms. The summed E-state index contributed by atoms with van der Waals surface area (Å²) in [6.45, 7) is 1.63. The number of rotatable bonds is 2. The Hall–Kier alpha value is -1.36. The van der Waals surface area contributed by atoms with Crippen molar-refractivity contribution in [3.05, 3.63) is 53.1 Å². The van der Waals surface area contributed by atoms with E-state index in [4.69, 9.17) is 16.2 Å². The van der Waals surface area contributed by atoms with Gasteiger partial charge < -0.3 is 0 Å². The molecule has 0 radical (unpaired) electrons. The lowest BCUT2D eigenvalue weighted by molar-refractivity contribution is 0.482. The molecule has 0 heterocycles. The Morgan fingerprint density at radius 2 is 1.78 bits per heavy atom. The lowest BCUT2D eigenvalue weighted by Gasteiger charge is -2.08. The zero-order chi connectivity index (χ0) is 13.3. The van der Waals surface area contributed by atoms with Gasteiger partial charge in [-0.25, -0.2) is 0 Å². The highest BCUT2D eigenvalue weighted by Crippen LogP contribution is 2.29. The maximum atomic E-state index is 11.1. The summed E-state index contributed by atoms with van der Waals surface area (Å²) in [5, 5.41) is 0.594. The summed E-state index contributed by atoms with van der Waals surface area (Å²) >= 11 is 6.07. The topological polar surface area (TPSA) is 54.4 Å². The molecule has 0 saturated carbocycles. The third-order valence-electron chi connectivity index (χ3n) is 2.64. The monoisotopic (exact) mass is 282 g/mol. The van der Waals surface area contributed by atoms with E-state index in [1.807, 2.05) is 18.2 Å². The van der Waals surface area contributed by atoms with Gasteiger partial charge in [-0.2, -0.15) is 8.42 Å². The summed E-state index contributed by atoms with van der Waals surface area (Å²) in [6, 6.07) is 12.0. The van der Waals surface area contributed by atoms with Crippen molar-refractivity contribution >= 4 is 21.7 Å². The van der Waals surface area contributed by atoms with Crippen LogP contribution < -0.4 is 0 Å². The number of halogens is 1. The first-order valence-corrected chi connectivity index (χ1v) is 7.04. The highest BCUT2D eigenvalue weighted by atomic mass is 35.5. The van der Waals surface area contributed by atoms with E-state index in [1.165, 1.54) is 6.07 Å². The van der Waals surface area contributed by atoms with Crippen LogP contribution in [-0.2, 0) is 10.1 Å². The normalized spacial score (nSPS) is 11.5. The Morgan fingerprint density at radius 1 is 1.11 bits per heavy atom. The Labute approximate surface area is 111 Å². The second-order valence-electron chi connectivity index (χ2n) is 3.94. The van der Waals surface area contributed by atoms with E-state index in [2.05, 4.69) is 0 Å². The van der Waals surface area contributed by atoms with Crippen molar-refractivity contribution in [3.63, 3.8) is 0 Å². The highest BCUT2D eigenvalue weighted by Gasteiger charge is 2.14. The fourth-order valence-corrected chi connectivity index (χ4v) is 2.75. The minimum atomic E-state index is -4.18. The van der Waals surface area contributed by atoms with Crippen LogP contribution in [0.2, 0.25) is 5.02 Å². The van der Waals surface area contributed by atoms with Gasteiger partial charge >= 0.3 is 0 Å². The summed E-state index contributed by atoms with van der Waals surface area (Å²) in [6.07, 6.45) is 0. The Balaban J connectivity index is 2.58. The Morgan fingerprint density at radius 3 is 2.33 bits per heavy atom. The van der Waals surface area contributed by atoms with Gasteiger partial charge in [0.25, 0.3) is 10.1 Å². The van der Waals surface area contributed by atoms with Gasteiger partial charge in [-0.1, -0.05) is 35.9 Å². The predicted molar refractivity (Wildman–Crippen MR) is 71.4 cm³/mol. The third-order valence-corrected chi connectivity index (χ3v) is 3.98. The molecule has 0 spiro atoms. The molecule has 94 valence electrons. The number of hydrogen-bond donors (Lipinski definition) is 1. The molecule has 0 fully saturated rings. The van der Waals surface area contributed by atoms with E-state index in [1.54, 1.807) is 25.1 Å². The molecule has 0 atom stereocenters. The first-order chi connectivity index (χ1) is 8.39. The second kappa shape index (κ2) is 4.72. The molecule has 0 amide bonds. The van der Waals surface area contributed by atoms with E-state index in [0.717, 1.165) is 11.1 Å². The van der Waals surface area contributed by atoms with Gasteiger partial charge in [0.05, 0.1) is 4.90 Å². The molecule has 0 aliphatic carbocycles. The van der Waals surface area contributed by atoms with Gasteiger partial charge in [-0.15, -0.1) is 0 Å². The fraction of sp³-hybridized carbons (Fsp3) is 0.0769. The molecule has 0 aromatic heterocycles. The summed E-state index contributed by atoms with van der Waals surface area (Å²) in [4.78, 5) is -0.0849. The van der Waals surface area contributed by atoms with Crippen molar-refractivity contribution in [1.82, 2.24) is 0 Å². The number of hydrogen-bond acceptors (Lipinski definition) is 2. The summed E-state index contributed by atoms with van der Waals surface area (Å²) in [5.41, 5.74) is 2.12. The van der Waals surface area contributed by atoms with Crippen molar-refractivity contribution < 1.29 is 13.0 Å². The van der Waals surface area contributed by atoms with E-state index < -0.39 is 10.1 Å². The van der Waals surface area contributed by atoms with Gasteiger partial charge in [0.15, 0.2) is 0 Å². The number of aryl methyl sites for hydroxylation is 1. The van der Waals surface area contributed by atoms with Crippen LogP contribution in [0.25, 0.3) is 11.1 Å². The molecule has 0 unspecified atom stereocenters. The molecular weight excluding hydrogens is 272 g/mol. The maximum absolute atomic E-state index is 11.1. The molecule has 18 heavy (non-hydrogen) atoms. The Bertz CT molecular complexity index is 693. The SMILES string of the molecule is Cc1cc(-c2ccccc2Cl)ccc1S(=O)(=O)O. The van der Waals surface area contributed by atoms with Crippen molar-refractivity contribution in [2.45, 2.75) is 11.8 Å². The van der Waals surface area contributed by atoms with Gasteiger partial charge in [0.1, 0.15) is 0 Å². The quantitative estimate of drug-likeness (QED) is 0.857. The summed E-state index contributed by atoms with van der Waals surface area (Å²) in [5.74, 6) is 0. The van der Waals surface area contributed by atoms with Crippen LogP contribution in [0, 0.1) is 6.92 Å². The predicted octanol–water partition coefficient (Wildman–Crippen LogP) is 3.56. The van der Waals surface area contributed by atoms with Crippen LogP contribution in [-0.4, -0.2) is 13.0 Å². The molecule has 0 bridgehead atoms. The van der Waals surface area contributed by atoms with E-state index in [-0.39, 0.29) is 4.90 Å². The van der Waals surface area contributed by atoms with Gasteiger partial charge in [-0.3, -0.25) is 4.55 Å². The number of benzene rings is 2. The van der Waals surface area contributed by atoms with Crippen molar-refractivity contribution in [1.29, 1.82) is 0 Å². The molecule has 0 aliphatic rings. The zero-order valence-electron chi connectivity index (χ0n) is 9.59. The van der Waals surface area contributed by atoms with Gasteiger partial charge in [0.2, 0.25) is 0 Å². The van der Waals surface area contributed by atoms with Crippen LogP contribution in [0.15, 0.2) is 47.4 Å². The maximum Gasteiger partial charge on any atom is 0.294 e. The molecule has 2 rings (SSSR count). The van der Waals surface area contributed by atoms with Crippen LogP contribution in [0.5, 0.6) is 0 Å². The van der Waals surface area contributed by atoms with Crippen LogP contribution >= 0.6 is 11.6 Å². The first kappa shape index (κ1) is 13.1. The second-order valence-corrected chi connectivity index (χ2v) is 5.73.